The van der Waals surface area contributed by atoms with E-state index in [0.717, 1.165) is 23.1 Å². The van der Waals surface area contributed by atoms with E-state index in [2.05, 4.69) is 10.6 Å². The smallest absolute Gasteiger partial charge is 0.322 e. The van der Waals surface area contributed by atoms with Crippen molar-refractivity contribution >= 4 is 11.9 Å². The number of carbonyl (C=O) groups excluding carboxylic acids is 2. The third kappa shape index (κ3) is 1.94. The summed E-state index contributed by atoms with van der Waals surface area (Å²) in [5.41, 5.74) is -0.947. The van der Waals surface area contributed by atoms with Gasteiger partial charge in [0, 0.05) is 12.1 Å². The number of carbonyl (C=O) groups is 2. The van der Waals surface area contributed by atoms with Gasteiger partial charge in [0.1, 0.15) is 17.2 Å². The highest BCUT2D eigenvalue weighted by Gasteiger charge is 2.52. The molecule has 5 nitrogen and oxygen atoms in total. The molecule has 1 unspecified atom stereocenters. The molecule has 0 bridgehead atoms. The molecule has 3 amide bonds. The number of halogens is 2. The number of nitrogens with one attached hydrogen (secondary N) is 2. The van der Waals surface area contributed by atoms with Crippen molar-refractivity contribution in [1.29, 1.82) is 0 Å². The molecular weight excluding hydrogens is 268 g/mol. The number of amides is 3. The fourth-order valence-electron chi connectivity index (χ4n) is 2.64. The van der Waals surface area contributed by atoms with Gasteiger partial charge in [-0.1, -0.05) is 0 Å². The van der Waals surface area contributed by atoms with E-state index in [0.29, 0.717) is 19.5 Å². The molecule has 0 aromatic heterocycles. The summed E-state index contributed by atoms with van der Waals surface area (Å²) in [5, 5.41) is 5.66. The largest absolute Gasteiger partial charge is 0.325 e. The van der Waals surface area contributed by atoms with Crippen LogP contribution in [0.15, 0.2) is 18.2 Å². The van der Waals surface area contributed by atoms with E-state index in [4.69, 9.17) is 0 Å². The number of nitrogens with zero attached hydrogens (tertiary/aromatic N) is 1. The molecule has 1 aromatic carbocycles. The Labute approximate surface area is 113 Å². The van der Waals surface area contributed by atoms with E-state index in [9.17, 15) is 18.4 Å². The van der Waals surface area contributed by atoms with Crippen LogP contribution in [0, 0.1) is 11.6 Å². The van der Waals surface area contributed by atoms with Crippen molar-refractivity contribution in [3.05, 3.63) is 35.4 Å². The van der Waals surface area contributed by atoms with Gasteiger partial charge in [0.15, 0.2) is 0 Å². The zero-order chi connectivity index (χ0) is 14.3. The Morgan fingerprint density at radius 2 is 2.10 bits per heavy atom. The average Bonchev–Trinajstić information content (AvgIpc) is 2.96. The SMILES string of the molecule is O=C1NC2(CCNC2)C(=O)N1Cc1cc(F)ccc1F. The van der Waals surface area contributed by atoms with E-state index in [-0.39, 0.29) is 12.1 Å². The topological polar surface area (TPSA) is 61.4 Å². The molecule has 2 N–H and O–H groups in total. The van der Waals surface area contributed by atoms with Gasteiger partial charge >= 0.3 is 6.03 Å². The number of benzene rings is 1. The van der Waals surface area contributed by atoms with Gasteiger partial charge in [-0.05, 0) is 31.2 Å². The van der Waals surface area contributed by atoms with Crippen LogP contribution in [0.25, 0.3) is 0 Å². The number of urea groups is 1. The quantitative estimate of drug-likeness (QED) is 0.786. The average molecular weight is 281 g/mol. The van der Waals surface area contributed by atoms with E-state index in [1.165, 1.54) is 0 Å². The van der Waals surface area contributed by atoms with E-state index in [1.54, 1.807) is 0 Å². The van der Waals surface area contributed by atoms with Crippen LogP contribution in [-0.2, 0) is 11.3 Å². The van der Waals surface area contributed by atoms with Crippen LogP contribution in [0.4, 0.5) is 13.6 Å². The number of imide groups is 1. The normalized spacial score (nSPS) is 25.6. The lowest BCUT2D eigenvalue weighted by molar-refractivity contribution is -0.131. The fraction of sp³-hybridized carbons (Fsp3) is 0.385. The van der Waals surface area contributed by atoms with Gasteiger partial charge < -0.3 is 10.6 Å². The molecule has 7 heteroatoms. The molecule has 20 heavy (non-hydrogen) atoms. The number of hydrogen-bond donors (Lipinski definition) is 2. The van der Waals surface area contributed by atoms with E-state index in [1.807, 2.05) is 0 Å². The molecule has 3 rings (SSSR count). The highest BCUT2D eigenvalue weighted by molar-refractivity contribution is 6.07. The Morgan fingerprint density at radius 3 is 2.80 bits per heavy atom. The molecular formula is C13H13F2N3O2. The minimum Gasteiger partial charge on any atom is -0.322 e. The summed E-state index contributed by atoms with van der Waals surface area (Å²) >= 11 is 0. The Hall–Kier alpha value is -2.02. The molecule has 2 fully saturated rings. The first-order chi connectivity index (χ1) is 9.52. The maximum Gasteiger partial charge on any atom is 0.325 e. The Morgan fingerprint density at radius 1 is 1.30 bits per heavy atom. The predicted octanol–water partition coefficient (Wildman–Crippen LogP) is 0.749. The maximum atomic E-state index is 13.6. The summed E-state index contributed by atoms with van der Waals surface area (Å²) in [6.07, 6.45) is 0.500. The zero-order valence-electron chi connectivity index (χ0n) is 10.6. The maximum absolute atomic E-state index is 13.6. The first-order valence-electron chi connectivity index (χ1n) is 6.31. The third-order valence-corrected chi connectivity index (χ3v) is 3.74. The lowest BCUT2D eigenvalue weighted by Crippen LogP contribution is -2.48. The van der Waals surface area contributed by atoms with Crippen LogP contribution in [0.1, 0.15) is 12.0 Å². The molecule has 1 aromatic rings. The first-order valence-corrected chi connectivity index (χ1v) is 6.31. The summed E-state index contributed by atoms with van der Waals surface area (Å²) in [6, 6.07) is 2.40. The van der Waals surface area contributed by atoms with Crippen LogP contribution < -0.4 is 10.6 Å². The highest BCUT2D eigenvalue weighted by Crippen LogP contribution is 2.26. The Kier molecular flexibility index (Phi) is 2.93. The van der Waals surface area contributed by atoms with E-state index < -0.39 is 29.1 Å². The summed E-state index contributed by atoms with van der Waals surface area (Å²) in [4.78, 5) is 25.2. The molecule has 2 aliphatic rings. The number of hydrogen-bond acceptors (Lipinski definition) is 3. The lowest BCUT2D eigenvalue weighted by Gasteiger charge is -2.19. The monoisotopic (exact) mass is 281 g/mol. The van der Waals surface area contributed by atoms with Gasteiger partial charge in [0.2, 0.25) is 0 Å². The molecule has 0 saturated carbocycles. The summed E-state index contributed by atoms with van der Waals surface area (Å²) in [5.74, 6) is -1.64. The first kappa shape index (κ1) is 13.0. The molecule has 0 aliphatic carbocycles. The molecule has 2 heterocycles. The van der Waals surface area contributed by atoms with Crippen LogP contribution >= 0.6 is 0 Å². The van der Waals surface area contributed by atoms with Gasteiger partial charge in [-0.3, -0.25) is 9.69 Å². The van der Waals surface area contributed by atoms with Gasteiger partial charge in [0.05, 0.1) is 6.54 Å². The van der Waals surface area contributed by atoms with Crippen molar-refractivity contribution in [2.24, 2.45) is 0 Å². The highest BCUT2D eigenvalue weighted by atomic mass is 19.1. The van der Waals surface area contributed by atoms with E-state index >= 15 is 0 Å². The minimum absolute atomic E-state index is 0.0171. The van der Waals surface area contributed by atoms with Crippen LogP contribution in [0.5, 0.6) is 0 Å². The third-order valence-electron chi connectivity index (χ3n) is 3.74. The molecule has 0 radical (unpaired) electrons. The van der Waals surface area contributed by atoms with Crippen molar-refractivity contribution in [3.8, 4) is 0 Å². The van der Waals surface area contributed by atoms with Crippen molar-refractivity contribution in [2.45, 2.75) is 18.5 Å². The predicted molar refractivity (Wildman–Crippen MR) is 65.7 cm³/mol. The zero-order valence-corrected chi connectivity index (χ0v) is 10.6. The molecule has 1 atom stereocenters. The van der Waals surface area contributed by atoms with Gasteiger partial charge in [-0.25, -0.2) is 13.6 Å². The summed E-state index contributed by atoms with van der Waals surface area (Å²) in [6.45, 7) is 0.726. The van der Waals surface area contributed by atoms with Crippen molar-refractivity contribution < 1.29 is 18.4 Å². The lowest BCUT2D eigenvalue weighted by atomic mass is 9.99. The second kappa shape index (κ2) is 4.52. The Bertz CT molecular complexity index is 585. The van der Waals surface area contributed by atoms with Crippen molar-refractivity contribution in [2.75, 3.05) is 13.1 Å². The van der Waals surface area contributed by atoms with Crippen LogP contribution in [0.3, 0.4) is 0 Å². The van der Waals surface area contributed by atoms with Crippen molar-refractivity contribution in [3.63, 3.8) is 0 Å². The molecule has 2 saturated heterocycles. The standard InChI is InChI=1S/C13H13F2N3O2/c14-9-1-2-10(15)8(5-9)6-18-11(19)13(17-12(18)20)3-4-16-7-13/h1-2,5,16H,3-4,6-7H2,(H,17,20). The van der Waals surface area contributed by atoms with Gasteiger partial charge in [0.25, 0.3) is 5.91 Å². The minimum atomic E-state index is -0.930. The van der Waals surface area contributed by atoms with Crippen LogP contribution in [-0.4, -0.2) is 35.5 Å². The molecule has 2 aliphatic heterocycles. The van der Waals surface area contributed by atoms with Gasteiger partial charge in [-0.15, -0.1) is 0 Å². The van der Waals surface area contributed by atoms with Gasteiger partial charge in [-0.2, -0.15) is 0 Å². The van der Waals surface area contributed by atoms with Crippen molar-refractivity contribution in [1.82, 2.24) is 15.5 Å². The second-order valence-electron chi connectivity index (χ2n) is 5.07. The number of rotatable bonds is 2. The summed E-state index contributed by atoms with van der Waals surface area (Å²) < 4.78 is 26.7. The fourth-order valence-corrected chi connectivity index (χ4v) is 2.64. The molecule has 106 valence electrons. The Balaban J connectivity index is 1.86. The second-order valence-corrected chi connectivity index (χ2v) is 5.07. The summed E-state index contributed by atoms with van der Waals surface area (Å²) in [7, 11) is 0. The van der Waals surface area contributed by atoms with Crippen LogP contribution in [0.2, 0.25) is 0 Å². The molecule has 1 spiro atoms.